The summed E-state index contributed by atoms with van der Waals surface area (Å²) in [6.07, 6.45) is 3.40. The molecule has 2 aromatic heterocycles. The number of nitrogens with one attached hydrogen (secondary N) is 1. The number of fused-ring (bicyclic) bond motifs is 1. The average molecular weight is 405 g/mol. The van der Waals surface area contributed by atoms with Crippen LogP contribution < -0.4 is 5.32 Å². The Kier molecular flexibility index (Phi) is 5.12. The van der Waals surface area contributed by atoms with Crippen LogP contribution in [0.15, 0.2) is 16.5 Å². The zero-order chi connectivity index (χ0) is 19.0. The molecule has 2 aliphatic rings. The van der Waals surface area contributed by atoms with E-state index in [0.29, 0.717) is 31.6 Å². The lowest BCUT2D eigenvalue weighted by molar-refractivity contribution is -0.133. The molecule has 2 N–H and O–H groups in total. The van der Waals surface area contributed by atoms with Crippen molar-refractivity contribution >= 4 is 39.6 Å². The lowest BCUT2D eigenvalue weighted by Crippen LogP contribution is -2.21. The van der Waals surface area contributed by atoms with Gasteiger partial charge in [-0.25, -0.2) is 9.78 Å². The summed E-state index contributed by atoms with van der Waals surface area (Å²) < 4.78 is 5.57. The third kappa shape index (κ3) is 3.56. The summed E-state index contributed by atoms with van der Waals surface area (Å²) in [6, 6.07) is 0. The molecule has 0 radical (unpaired) electrons. The molecule has 0 spiro atoms. The second kappa shape index (κ2) is 7.53. The Morgan fingerprint density at radius 3 is 2.70 bits per heavy atom. The first kappa shape index (κ1) is 18.3. The molecule has 0 bridgehead atoms. The van der Waals surface area contributed by atoms with Gasteiger partial charge in [0, 0.05) is 32.7 Å². The molecular weight excluding hydrogens is 384 g/mol. The molecule has 2 aromatic rings. The van der Waals surface area contributed by atoms with E-state index in [4.69, 9.17) is 4.74 Å². The van der Waals surface area contributed by atoms with Gasteiger partial charge < -0.3 is 15.2 Å². The van der Waals surface area contributed by atoms with E-state index in [1.165, 1.54) is 16.9 Å². The molecule has 27 heavy (non-hydrogen) atoms. The minimum Gasteiger partial charge on any atom is -0.478 e. The number of hydrogen-bond donors (Lipinski definition) is 2. The van der Waals surface area contributed by atoms with Crippen LogP contribution in [-0.2, 0) is 27.4 Å². The van der Waals surface area contributed by atoms with Crippen LogP contribution in [0.4, 0.5) is 5.00 Å². The molecule has 0 unspecified atom stereocenters. The van der Waals surface area contributed by atoms with Crippen LogP contribution in [0.2, 0.25) is 0 Å². The number of anilines is 1. The standard InChI is InChI=1S/C19H20N2O4S2/c1-10-9-26-17(20-10)15-13-6-7-25-8-14(13)27-18(15)21-16(22)11-4-2-3-5-12(11)19(23)24/h9H,2-8H2,1H3,(H,21,22)(H,23,24). The molecule has 1 aliphatic carbocycles. The van der Waals surface area contributed by atoms with Gasteiger partial charge in [0.1, 0.15) is 10.0 Å². The van der Waals surface area contributed by atoms with Crippen molar-refractivity contribution in [2.24, 2.45) is 0 Å². The van der Waals surface area contributed by atoms with E-state index in [-0.39, 0.29) is 11.5 Å². The Hall–Kier alpha value is -2.03. The highest BCUT2D eigenvalue weighted by Crippen LogP contribution is 2.44. The van der Waals surface area contributed by atoms with Gasteiger partial charge in [-0.15, -0.1) is 22.7 Å². The summed E-state index contributed by atoms with van der Waals surface area (Å²) >= 11 is 3.07. The fraction of sp³-hybridized carbons (Fsp3) is 0.421. The van der Waals surface area contributed by atoms with Crippen molar-refractivity contribution in [1.29, 1.82) is 0 Å². The molecule has 3 heterocycles. The molecule has 0 saturated heterocycles. The van der Waals surface area contributed by atoms with Crippen molar-refractivity contribution in [2.75, 3.05) is 11.9 Å². The van der Waals surface area contributed by atoms with Crippen LogP contribution >= 0.6 is 22.7 Å². The number of hydrogen-bond acceptors (Lipinski definition) is 6. The van der Waals surface area contributed by atoms with Crippen LogP contribution in [0.1, 0.15) is 41.8 Å². The number of carbonyl (C=O) groups excluding carboxylic acids is 1. The predicted molar refractivity (Wildman–Crippen MR) is 105 cm³/mol. The maximum Gasteiger partial charge on any atom is 0.332 e. The quantitative estimate of drug-likeness (QED) is 0.799. The van der Waals surface area contributed by atoms with E-state index in [0.717, 1.165) is 45.4 Å². The zero-order valence-electron chi connectivity index (χ0n) is 15.0. The number of carboxylic acids is 1. The summed E-state index contributed by atoms with van der Waals surface area (Å²) in [5, 5.41) is 16.1. The molecule has 1 aliphatic heterocycles. The van der Waals surface area contributed by atoms with Gasteiger partial charge in [-0.2, -0.15) is 0 Å². The number of aliphatic carboxylic acids is 1. The highest BCUT2D eigenvalue weighted by atomic mass is 32.1. The number of carbonyl (C=O) groups is 2. The lowest BCUT2D eigenvalue weighted by atomic mass is 9.91. The normalized spacial score (nSPS) is 16.9. The monoisotopic (exact) mass is 404 g/mol. The van der Waals surface area contributed by atoms with Crippen molar-refractivity contribution in [2.45, 2.75) is 45.6 Å². The van der Waals surface area contributed by atoms with E-state index < -0.39 is 5.97 Å². The highest BCUT2D eigenvalue weighted by molar-refractivity contribution is 7.18. The van der Waals surface area contributed by atoms with E-state index in [2.05, 4.69) is 10.3 Å². The summed E-state index contributed by atoms with van der Waals surface area (Å²) in [7, 11) is 0. The number of aryl methyl sites for hydroxylation is 1. The van der Waals surface area contributed by atoms with Crippen molar-refractivity contribution in [1.82, 2.24) is 4.98 Å². The molecule has 8 heteroatoms. The maximum absolute atomic E-state index is 12.9. The fourth-order valence-corrected chi connectivity index (χ4v) is 5.71. The molecule has 0 atom stereocenters. The number of carboxylic acid groups (broad SMARTS) is 1. The van der Waals surface area contributed by atoms with Crippen molar-refractivity contribution in [3.63, 3.8) is 0 Å². The van der Waals surface area contributed by atoms with E-state index in [9.17, 15) is 14.7 Å². The number of aromatic nitrogens is 1. The molecule has 0 aromatic carbocycles. The fourth-order valence-electron chi connectivity index (χ4n) is 3.59. The molecule has 0 saturated carbocycles. The van der Waals surface area contributed by atoms with Crippen LogP contribution in [0.5, 0.6) is 0 Å². The summed E-state index contributed by atoms with van der Waals surface area (Å²) in [5.74, 6) is -1.30. The number of nitrogens with zero attached hydrogens (tertiary/aromatic N) is 1. The Balaban J connectivity index is 1.73. The Morgan fingerprint density at radius 1 is 1.22 bits per heavy atom. The van der Waals surface area contributed by atoms with E-state index in [1.54, 1.807) is 11.3 Å². The van der Waals surface area contributed by atoms with Crippen molar-refractivity contribution in [3.8, 4) is 10.6 Å². The minimum absolute atomic E-state index is 0.245. The molecular formula is C19H20N2O4S2. The summed E-state index contributed by atoms with van der Waals surface area (Å²) in [5.41, 5.74) is 3.75. The SMILES string of the molecule is Cc1csc(-c2c(NC(=O)C3=C(C(=O)O)CCCC3)sc3c2CCOC3)n1. The Morgan fingerprint density at radius 2 is 2.00 bits per heavy atom. The second-order valence-corrected chi connectivity index (χ2v) is 8.69. The predicted octanol–water partition coefficient (Wildman–Crippen LogP) is 4.15. The van der Waals surface area contributed by atoms with Gasteiger partial charge in [0.15, 0.2) is 0 Å². The van der Waals surface area contributed by atoms with Crippen LogP contribution in [0.3, 0.4) is 0 Å². The lowest BCUT2D eigenvalue weighted by Gasteiger charge is -2.17. The minimum atomic E-state index is -0.991. The van der Waals surface area contributed by atoms with Crippen LogP contribution in [0, 0.1) is 6.92 Å². The molecule has 6 nitrogen and oxygen atoms in total. The number of amides is 1. The van der Waals surface area contributed by atoms with Gasteiger partial charge >= 0.3 is 5.97 Å². The third-order valence-corrected chi connectivity index (χ3v) is 6.98. The van der Waals surface area contributed by atoms with Crippen LogP contribution in [-0.4, -0.2) is 28.6 Å². The van der Waals surface area contributed by atoms with Gasteiger partial charge in [0.25, 0.3) is 5.91 Å². The average Bonchev–Trinajstić information content (AvgIpc) is 3.24. The first-order chi connectivity index (χ1) is 13.0. The Bertz CT molecular complexity index is 942. The van der Waals surface area contributed by atoms with E-state index >= 15 is 0 Å². The Labute approximate surface area is 164 Å². The van der Waals surface area contributed by atoms with E-state index in [1.807, 2.05) is 12.3 Å². The smallest absolute Gasteiger partial charge is 0.332 e. The first-order valence-corrected chi connectivity index (χ1v) is 10.7. The number of thiophene rings is 1. The largest absolute Gasteiger partial charge is 0.478 e. The molecule has 142 valence electrons. The number of rotatable bonds is 4. The van der Waals surface area contributed by atoms with Gasteiger partial charge in [0.05, 0.1) is 13.2 Å². The van der Waals surface area contributed by atoms with Gasteiger partial charge in [-0.05, 0) is 44.6 Å². The number of ether oxygens (including phenoxy) is 1. The number of thiazole rings is 1. The topological polar surface area (TPSA) is 88.5 Å². The van der Waals surface area contributed by atoms with Crippen LogP contribution in [0.25, 0.3) is 10.6 Å². The summed E-state index contributed by atoms with van der Waals surface area (Å²) in [4.78, 5) is 30.1. The van der Waals surface area contributed by atoms with Gasteiger partial charge in [-0.3, -0.25) is 4.79 Å². The van der Waals surface area contributed by atoms with Gasteiger partial charge in [-0.1, -0.05) is 0 Å². The highest BCUT2D eigenvalue weighted by Gasteiger charge is 2.28. The molecule has 0 fully saturated rings. The molecule has 1 amide bonds. The maximum atomic E-state index is 12.9. The second-order valence-electron chi connectivity index (χ2n) is 6.73. The summed E-state index contributed by atoms with van der Waals surface area (Å²) in [6.45, 7) is 3.14. The van der Waals surface area contributed by atoms with Crippen molar-refractivity contribution < 1.29 is 19.4 Å². The van der Waals surface area contributed by atoms with Crippen molar-refractivity contribution in [3.05, 3.63) is 32.7 Å². The van der Waals surface area contributed by atoms with Gasteiger partial charge in [0.2, 0.25) is 0 Å². The first-order valence-electron chi connectivity index (χ1n) is 8.96. The third-order valence-electron chi connectivity index (χ3n) is 4.88. The molecule has 4 rings (SSSR count). The zero-order valence-corrected chi connectivity index (χ0v) is 16.6.